The van der Waals surface area contributed by atoms with Crippen LogP contribution >= 0.6 is 24.0 Å². The molecule has 0 saturated carbocycles. The number of ether oxygens (including phenoxy) is 2. The number of hydrogen-bond acceptors (Lipinski definition) is 5. The number of hydrogen-bond donors (Lipinski definition) is 2. The highest BCUT2D eigenvalue weighted by Gasteiger charge is 2.09. The van der Waals surface area contributed by atoms with Crippen molar-refractivity contribution in [3.63, 3.8) is 0 Å². The lowest BCUT2D eigenvalue weighted by molar-refractivity contribution is 0.0376. The topological polar surface area (TPSA) is 85.0 Å². The van der Waals surface area contributed by atoms with Crippen LogP contribution in [0.2, 0.25) is 0 Å². The Bertz CT molecular complexity index is 722. The first-order chi connectivity index (χ1) is 13.8. The number of nitrogens with two attached hydrogens (primary N) is 1. The Balaban J connectivity index is 0.00000300. The largest absolute Gasteiger partial charge is 0.487 e. The van der Waals surface area contributed by atoms with Crippen LogP contribution < -0.4 is 15.8 Å². The Morgan fingerprint density at radius 1 is 1.17 bits per heavy atom. The van der Waals surface area contributed by atoms with Crippen LogP contribution in [0.15, 0.2) is 53.7 Å². The van der Waals surface area contributed by atoms with E-state index in [4.69, 9.17) is 15.2 Å². The fourth-order valence-electron chi connectivity index (χ4n) is 2.91. The second-order valence-electron chi connectivity index (χ2n) is 6.69. The van der Waals surface area contributed by atoms with Gasteiger partial charge in [0.2, 0.25) is 0 Å². The number of pyridine rings is 1. The normalized spacial score (nSPS) is 14.8. The first-order valence-corrected chi connectivity index (χ1v) is 9.75. The maximum absolute atomic E-state index is 5.96. The Kier molecular flexibility index (Phi) is 10.7. The van der Waals surface area contributed by atoms with E-state index in [1.165, 1.54) is 0 Å². The van der Waals surface area contributed by atoms with Gasteiger partial charge in [-0.15, -0.1) is 24.0 Å². The molecule has 0 amide bonds. The van der Waals surface area contributed by atoms with E-state index in [0.717, 1.165) is 62.8 Å². The molecule has 2 aromatic rings. The molecule has 3 N–H and O–H groups in total. The molecule has 1 aliphatic rings. The monoisotopic (exact) mass is 511 g/mol. The Hall–Kier alpha value is -1.91. The fraction of sp³-hybridized carbons (Fsp3) is 0.429. The molecule has 1 aromatic carbocycles. The molecule has 0 bridgehead atoms. The average molecular weight is 511 g/mol. The van der Waals surface area contributed by atoms with Gasteiger partial charge in [-0.25, -0.2) is 4.99 Å². The lowest BCUT2D eigenvalue weighted by Crippen LogP contribution is -2.39. The SMILES string of the molecule is I.NC(=NCc1ccc(OCc2ccccn2)cc1)NCCCN1CCOCC1. The predicted octanol–water partition coefficient (Wildman–Crippen LogP) is 2.41. The summed E-state index contributed by atoms with van der Waals surface area (Å²) in [5.41, 5.74) is 7.95. The molecular weight excluding hydrogens is 481 g/mol. The first-order valence-electron chi connectivity index (χ1n) is 9.75. The third-order valence-electron chi connectivity index (χ3n) is 4.53. The molecular formula is C21H30IN5O2. The van der Waals surface area contributed by atoms with Crippen LogP contribution in [-0.4, -0.2) is 55.2 Å². The van der Waals surface area contributed by atoms with E-state index in [0.29, 0.717) is 19.1 Å². The summed E-state index contributed by atoms with van der Waals surface area (Å²) >= 11 is 0. The number of halogens is 1. The summed E-state index contributed by atoms with van der Waals surface area (Å²) in [6, 6.07) is 13.7. The molecule has 1 aliphatic heterocycles. The molecule has 1 aromatic heterocycles. The number of benzene rings is 1. The van der Waals surface area contributed by atoms with E-state index in [2.05, 4.69) is 20.2 Å². The zero-order chi connectivity index (χ0) is 19.4. The quantitative estimate of drug-likeness (QED) is 0.233. The molecule has 29 heavy (non-hydrogen) atoms. The number of morpholine rings is 1. The maximum Gasteiger partial charge on any atom is 0.188 e. The standard InChI is InChI=1S/C21H29N5O2.HI/c22-21(24-10-3-11-26-12-14-27-15-13-26)25-16-18-5-7-20(8-6-18)28-17-19-4-1-2-9-23-19;/h1-2,4-9H,3,10-17H2,(H3,22,24,25);1H. The highest BCUT2D eigenvalue weighted by atomic mass is 127. The molecule has 0 radical (unpaired) electrons. The van der Waals surface area contributed by atoms with Crippen LogP contribution in [0.5, 0.6) is 5.75 Å². The lowest BCUT2D eigenvalue weighted by atomic mass is 10.2. The van der Waals surface area contributed by atoms with Crippen molar-refractivity contribution in [3.8, 4) is 5.75 Å². The second kappa shape index (κ2) is 13.3. The van der Waals surface area contributed by atoms with E-state index in [9.17, 15) is 0 Å². The van der Waals surface area contributed by atoms with Gasteiger partial charge in [-0.3, -0.25) is 9.88 Å². The maximum atomic E-state index is 5.96. The molecule has 7 nitrogen and oxygen atoms in total. The number of nitrogens with zero attached hydrogens (tertiary/aromatic N) is 3. The second-order valence-corrected chi connectivity index (χ2v) is 6.69. The summed E-state index contributed by atoms with van der Waals surface area (Å²) in [5, 5.41) is 3.18. The van der Waals surface area contributed by atoms with Crippen molar-refractivity contribution in [2.24, 2.45) is 10.7 Å². The summed E-state index contributed by atoms with van der Waals surface area (Å²) in [6.45, 7) is 6.60. The molecule has 1 saturated heterocycles. The van der Waals surface area contributed by atoms with E-state index in [-0.39, 0.29) is 24.0 Å². The summed E-state index contributed by atoms with van der Waals surface area (Å²) < 4.78 is 11.1. The molecule has 8 heteroatoms. The van der Waals surface area contributed by atoms with Gasteiger partial charge >= 0.3 is 0 Å². The molecule has 0 atom stereocenters. The number of aliphatic imine (C=N–C) groups is 1. The smallest absolute Gasteiger partial charge is 0.188 e. The van der Waals surface area contributed by atoms with Crippen LogP contribution in [0.4, 0.5) is 0 Å². The van der Waals surface area contributed by atoms with Crippen LogP contribution in [0, 0.1) is 0 Å². The van der Waals surface area contributed by atoms with Gasteiger partial charge in [0.1, 0.15) is 12.4 Å². The van der Waals surface area contributed by atoms with E-state index in [1.54, 1.807) is 6.20 Å². The Morgan fingerprint density at radius 3 is 2.69 bits per heavy atom. The lowest BCUT2D eigenvalue weighted by Gasteiger charge is -2.26. The summed E-state index contributed by atoms with van der Waals surface area (Å²) in [4.78, 5) is 11.1. The van der Waals surface area contributed by atoms with Crippen molar-refractivity contribution < 1.29 is 9.47 Å². The number of rotatable bonds is 9. The third-order valence-corrected chi connectivity index (χ3v) is 4.53. The van der Waals surface area contributed by atoms with Crippen LogP contribution in [0.3, 0.4) is 0 Å². The summed E-state index contributed by atoms with van der Waals surface area (Å²) in [6.07, 6.45) is 2.80. The van der Waals surface area contributed by atoms with Crippen LogP contribution in [0.25, 0.3) is 0 Å². The predicted molar refractivity (Wildman–Crippen MR) is 126 cm³/mol. The van der Waals surface area contributed by atoms with Gasteiger partial charge in [0.05, 0.1) is 25.5 Å². The van der Waals surface area contributed by atoms with E-state index >= 15 is 0 Å². The fourth-order valence-corrected chi connectivity index (χ4v) is 2.91. The van der Waals surface area contributed by atoms with Gasteiger partial charge in [-0.1, -0.05) is 18.2 Å². The van der Waals surface area contributed by atoms with Crippen molar-refractivity contribution in [2.75, 3.05) is 39.4 Å². The van der Waals surface area contributed by atoms with E-state index < -0.39 is 0 Å². The minimum atomic E-state index is 0. The average Bonchev–Trinajstić information content (AvgIpc) is 2.76. The van der Waals surface area contributed by atoms with E-state index in [1.807, 2.05) is 42.5 Å². The number of aromatic nitrogens is 1. The Labute approximate surface area is 189 Å². The van der Waals surface area contributed by atoms with Gasteiger partial charge in [-0.2, -0.15) is 0 Å². The molecule has 3 rings (SSSR count). The molecule has 2 heterocycles. The van der Waals surface area contributed by atoms with Crippen molar-refractivity contribution in [3.05, 3.63) is 59.9 Å². The number of nitrogens with one attached hydrogen (secondary N) is 1. The van der Waals surface area contributed by atoms with Crippen molar-refractivity contribution in [2.45, 2.75) is 19.6 Å². The third kappa shape index (κ3) is 8.97. The summed E-state index contributed by atoms with van der Waals surface area (Å²) in [7, 11) is 0. The molecule has 0 unspecified atom stereocenters. The summed E-state index contributed by atoms with van der Waals surface area (Å²) in [5.74, 6) is 1.30. The van der Waals surface area contributed by atoms with Crippen LogP contribution in [0.1, 0.15) is 17.7 Å². The zero-order valence-electron chi connectivity index (χ0n) is 16.6. The van der Waals surface area contributed by atoms with Gasteiger partial charge in [0.25, 0.3) is 0 Å². The Morgan fingerprint density at radius 2 is 1.97 bits per heavy atom. The van der Waals surface area contributed by atoms with Gasteiger partial charge < -0.3 is 20.5 Å². The van der Waals surface area contributed by atoms with Gasteiger partial charge in [0.15, 0.2) is 5.96 Å². The molecule has 0 spiro atoms. The minimum absolute atomic E-state index is 0. The highest BCUT2D eigenvalue weighted by Crippen LogP contribution is 2.14. The highest BCUT2D eigenvalue weighted by molar-refractivity contribution is 14.0. The van der Waals surface area contributed by atoms with Gasteiger partial charge in [-0.05, 0) is 42.8 Å². The first kappa shape index (κ1) is 23.4. The van der Waals surface area contributed by atoms with Gasteiger partial charge in [0, 0.05) is 25.8 Å². The van der Waals surface area contributed by atoms with Crippen LogP contribution in [-0.2, 0) is 17.9 Å². The van der Waals surface area contributed by atoms with Crippen molar-refractivity contribution in [1.29, 1.82) is 0 Å². The molecule has 1 fully saturated rings. The van der Waals surface area contributed by atoms with Crippen molar-refractivity contribution in [1.82, 2.24) is 15.2 Å². The minimum Gasteiger partial charge on any atom is -0.487 e. The number of guanidine groups is 1. The van der Waals surface area contributed by atoms with Crippen molar-refractivity contribution >= 4 is 29.9 Å². The molecule has 158 valence electrons. The zero-order valence-corrected chi connectivity index (χ0v) is 19.0. The molecule has 0 aliphatic carbocycles.